The van der Waals surface area contributed by atoms with Gasteiger partial charge in [0.2, 0.25) is 5.91 Å². The Balaban J connectivity index is 2.07. The molecule has 2 aliphatic rings. The molecular weight excluding hydrogens is 358 g/mol. The first-order valence-corrected chi connectivity index (χ1v) is 11.6. The molecule has 2 saturated heterocycles. The van der Waals surface area contributed by atoms with Gasteiger partial charge >= 0.3 is 0 Å². The van der Waals surface area contributed by atoms with Gasteiger partial charge in [-0.25, -0.2) is 0 Å². The molecule has 2 heterocycles. The Labute approximate surface area is 136 Å². The fraction of sp³-hybridized carbons (Fsp3) is 0.929. The number of carbonyl (C=O) groups excluding carboxylic acids is 1. The Hall–Kier alpha value is 0.417. The lowest BCUT2D eigenvalue weighted by molar-refractivity contribution is -0.133. The van der Waals surface area contributed by atoms with Crippen molar-refractivity contribution in [1.82, 2.24) is 4.90 Å². The maximum atomic E-state index is 12.2. The first-order chi connectivity index (χ1) is 9.03. The molecule has 2 rings (SSSR count). The van der Waals surface area contributed by atoms with E-state index in [0.29, 0.717) is 13.0 Å². The summed E-state index contributed by atoms with van der Waals surface area (Å²) in [6.45, 7) is 12.0. The lowest BCUT2D eigenvalue weighted by Crippen LogP contribution is -2.50. The molecule has 1 amide bonds. The quantitative estimate of drug-likeness (QED) is 0.537. The number of amides is 1. The standard InChI is InChI=1S/C14H25BrClNO2Si/c1-14(2,3)20(4,5)19-9-6-12-10(15)7-11(16)13(18)17(12)8-9/h9-12H,6-8H2,1-5H3/t9-,10-,11-,12+/m1/s1. The minimum atomic E-state index is -1.78. The molecule has 0 spiro atoms. The summed E-state index contributed by atoms with van der Waals surface area (Å²) < 4.78 is 6.47. The van der Waals surface area contributed by atoms with Crippen LogP contribution in [0.4, 0.5) is 0 Å². The first kappa shape index (κ1) is 16.8. The van der Waals surface area contributed by atoms with Crippen LogP contribution in [-0.4, -0.2) is 48.0 Å². The molecule has 116 valence electrons. The van der Waals surface area contributed by atoms with Crippen LogP contribution in [0.1, 0.15) is 33.6 Å². The van der Waals surface area contributed by atoms with Crippen molar-refractivity contribution in [1.29, 1.82) is 0 Å². The van der Waals surface area contributed by atoms with Gasteiger partial charge < -0.3 is 9.33 Å². The Morgan fingerprint density at radius 1 is 1.35 bits per heavy atom. The van der Waals surface area contributed by atoms with Gasteiger partial charge in [0.25, 0.3) is 0 Å². The molecule has 3 nitrogen and oxygen atoms in total. The van der Waals surface area contributed by atoms with E-state index in [1.165, 1.54) is 0 Å². The molecule has 0 aromatic rings. The van der Waals surface area contributed by atoms with Crippen molar-refractivity contribution >= 4 is 41.8 Å². The van der Waals surface area contributed by atoms with Gasteiger partial charge in [-0.1, -0.05) is 36.7 Å². The smallest absolute Gasteiger partial charge is 0.241 e. The van der Waals surface area contributed by atoms with E-state index < -0.39 is 8.32 Å². The van der Waals surface area contributed by atoms with Crippen LogP contribution in [0.15, 0.2) is 0 Å². The number of hydrogen-bond donors (Lipinski definition) is 0. The lowest BCUT2D eigenvalue weighted by Gasteiger charge is -2.38. The Morgan fingerprint density at radius 3 is 2.50 bits per heavy atom. The number of carbonyl (C=O) groups is 1. The van der Waals surface area contributed by atoms with Crippen molar-refractivity contribution in [2.75, 3.05) is 6.54 Å². The van der Waals surface area contributed by atoms with Crippen molar-refractivity contribution in [2.24, 2.45) is 0 Å². The van der Waals surface area contributed by atoms with E-state index in [1.807, 2.05) is 4.90 Å². The molecule has 0 saturated carbocycles. The summed E-state index contributed by atoms with van der Waals surface area (Å²) in [5.41, 5.74) is 0. The molecule has 0 unspecified atom stereocenters. The largest absolute Gasteiger partial charge is 0.412 e. The van der Waals surface area contributed by atoms with Crippen LogP contribution in [0, 0.1) is 0 Å². The molecule has 0 N–H and O–H groups in total. The van der Waals surface area contributed by atoms with Crippen LogP contribution < -0.4 is 0 Å². The summed E-state index contributed by atoms with van der Waals surface area (Å²) >= 11 is 9.82. The molecule has 0 radical (unpaired) electrons. The third-order valence-electron chi connectivity index (χ3n) is 4.97. The maximum absolute atomic E-state index is 12.2. The van der Waals surface area contributed by atoms with Crippen LogP contribution in [0.25, 0.3) is 0 Å². The summed E-state index contributed by atoms with van der Waals surface area (Å²) in [6, 6.07) is 0.243. The second kappa shape index (κ2) is 5.56. The molecular formula is C14H25BrClNO2Si. The van der Waals surface area contributed by atoms with Crippen LogP contribution in [-0.2, 0) is 9.22 Å². The summed E-state index contributed by atoms with van der Waals surface area (Å²) in [6.07, 6.45) is 1.80. The van der Waals surface area contributed by atoms with Gasteiger partial charge in [0, 0.05) is 17.4 Å². The molecule has 4 atom stereocenters. The summed E-state index contributed by atoms with van der Waals surface area (Å²) in [5, 5.41) is -0.189. The Morgan fingerprint density at radius 2 is 1.95 bits per heavy atom. The van der Waals surface area contributed by atoms with Gasteiger partial charge in [-0.15, -0.1) is 11.6 Å². The number of hydrogen-bond acceptors (Lipinski definition) is 2. The average Bonchev–Trinajstić information content (AvgIpc) is 2.68. The van der Waals surface area contributed by atoms with Gasteiger partial charge in [-0.2, -0.15) is 0 Å². The predicted octanol–water partition coefficient (Wildman–Crippen LogP) is 3.75. The predicted molar refractivity (Wildman–Crippen MR) is 89.2 cm³/mol. The molecule has 2 aliphatic heterocycles. The van der Waals surface area contributed by atoms with Gasteiger partial charge in [0.05, 0.1) is 6.10 Å². The fourth-order valence-electron chi connectivity index (χ4n) is 2.74. The second-order valence-corrected chi connectivity index (χ2v) is 14.0. The molecule has 2 fully saturated rings. The molecule has 0 aromatic carbocycles. The summed E-state index contributed by atoms with van der Waals surface area (Å²) in [7, 11) is -1.78. The number of rotatable bonds is 2. The number of halogens is 2. The third-order valence-corrected chi connectivity index (χ3v) is 10.9. The highest BCUT2D eigenvalue weighted by atomic mass is 79.9. The SMILES string of the molecule is CC(C)(C)[Si](C)(C)O[C@@H]1C[C@H]2[C@H](Br)C[C@@H](Cl)C(=O)N2C1. The van der Waals surface area contributed by atoms with Gasteiger partial charge in [0.15, 0.2) is 8.32 Å². The topological polar surface area (TPSA) is 29.5 Å². The zero-order valence-corrected chi connectivity index (χ0v) is 16.3. The van der Waals surface area contributed by atoms with Crippen LogP contribution in [0.3, 0.4) is 0 Å². The molecule has 6 heteroatoms. The van der Waals surface area contributed by atoms with E-state index in [4.69, 9.17) is 16.0 Å². The third kappa shape index (κ3) is 3.11. The van der Waals surface area contributed by atoms with Crippen LogP contribution in [0.5, 0.6) is 0 Å². The fourth-order valence-corrected chi connectivity index (χ4v) is 5.50. The highest BCUT2D eigenvalue weighted by Gasteiger charge is 2.48. The van der Waals surface area contributed by atoms with E-state index in [1.54, 1.807) is 0 Å². The number of nitrogens with zero attached hydrogens (tertiary/aromatic N) is 1. The van der Waals surface area contributed by atoms with Crippen molar-refractivity contribution < 1.29 is 9.22 Å². The average molecular weight is 383 g/mol. The minimum absolute atomic E-state index is 0.0775. The van der Waals surface area contributed by atoms with Crippen LogP contribution >= 0.6 is 27.5 Å². The van der Waals surface area contributed by atoms with Crippen molar-refractivity contribution in [2.45, 2.75) is 74.1 Å². The monoisotopic (exact) mass is 381 g/mol. The normalized spacial score (nSPS) is 35.4. The number of alkyl halides is 2. The summed E-state index contributed by atoms with van der Waals surface area (Å²) in [5.74, 6) is 0.0775. The number of piperidine rings is 1. The zero-order valence-electron chi connectivity index (χ0n) is 13.0. The maximum Gasteiger partial charge on any atom is 0.241 e. The van der Waals surface area contributed by atoms with Gasteiger partial charge in [0.1, 0.15) is 5.38 Å². The van der Waals surface area contributed by atoms with E-state index >= 15 is 0 Å². The van der Waals surface area contributed by atoms with E-state index in [0.717, 1.165) is 6.42 Å². The molecule has 20 heavy (non-hydrogen) atoms. The van der Waals surface area contributed by atoms with Crippen molar-refractivity contribution in [3.05, 3.63) is 0 Å². The first-order valence-electron chi connectivity index (χ1n) is 7.29. The van der Waals surface area contributed by atoms with Gasteiger partial charge in [-0.3, -0.25) is 4.79 Å². The highest BCUT2D eigenvalue weighted by molar-refractivity contribution is 9.09. The van der Waals surface area contributed by atoms with E-state index in [-0.39, 0.29) is 33.3 Å². The minimum Gasteiger partial charge on any atom is -0.412 e. The molecule has 0 aromatic heterocycles. The zero-order chi connectivity index (χ0) is 15.3. The van der Waals surface area contributed by atoms with E-state index in [2.05, 4.69) is 49.8 Å². The van der Waals surface area contributed by atoms with E-state index in [9.17, 15) is 4.79 Å². The molecule has 0 aliphatic carbocycles. The lowest BCUT2D eigenvalue weighted by atomic mass is 10.0. The summed E-state index contributed by atoms with van der Waals surface area (Å²) in [4.78, 5) is 14.4. The van der Waals surface area contributed by atoms with Crippen molar-refractivity contribution in [3.63, 3.8) is 0 Å². The highest BCUT2D eigenvalue weighted by Crippen LogP contribution is 2.41. The number of fused-ring (bicyclic) bond motifs is 1. The van der Waals surface area contributed by atoms with Crippen LogP contribution in [0.2, 0.25) is 18.1 Å². The Bertz CT molecular complexity index is 399. The second-order valence-electron chi connectivity index (χ2n) is 7.51. The molecule has 0 bridgehead atoms. The van der Waals surface area contributed by atoms with Crippen molar-refractivity contribution in [3.8, 4) is 0 Å². The van der Waals surface area contributed by atoms with Gasteiger partial charge in [-0.05, 0) is 31.0 Å². The Kier molecular flexibility index (Phi) is 4.67.